The molecule has 1 amide bonds. The highest BCUT2D eigenvalue weighted by atomic mass is 19.1. The topological polar surface area (TPSA) is 91.7 Å². The van der Waals surface area contributed by atoms with Gasteiger partial charge in [-0.3, -0.25) is 4.79 Å². The Labute approximate surface area is 195 Å². The molecule has 0 saturated heterocycles. The number of carbonyl (C=O) groups excluding carboxylic acids is 2. The Hall–Kier alpha value is -3.88. The lowest BCUT2D eigenvalue weighted by atomic mass is 10.2. The Kier molecular flexibility index (Phi) is 5.47. The average molecular weight is 465 g/mol. The van der Waals surface area contributed by atoms with E-state index >= 15 is 0 Å². The quantitative estimate of drug-likeness (QED) is 0.559. The smallest absolute Gasteiger partial charge is 0.342 e. The molecule has 8 nitrogen and oxygen atoms in total. The van der Waals surface area contributed by atoms with Gasteiger partial charge in [0.1, 0.15) is 11.4 Å². The first-order valence-corrected chi connectivity index (χ1v) is 11.1. The molecule has 1 fully saturated rings. The average Bonchev–Trinajstić information content (AvgIpc) is 3.49. The van der Waals surface area contributed by atoms with Gasteiger partial charge in [-0.1, -0.05) is 0 Å². The van der Waals surface area contributed by atoms with Gasteiger partial charge in [0.15, 0.2) is 18.1 Å². The van der Waals surface area contributed by atoms with Crippen LogP contribution >= 0.6 is 0 Å². The summed E-state index contributed by atoms with van der Waals surface area (Å²) in [5.41, 5.74) is 2.38. The van der Waals surface area contributed by atoms with Gasteiger partial charge >= 0.3 is 5.97 Å². The first-order valence-electron chi connectivity index (χ1n) is 11.1. The van der Waals surface area contributed by atoms with Crippen LogP contribution in [-0.4, -0.2) is 34.1 Å². The van der Waals surface area contributed by atoms with Crippen LogP contribution in [0.25, 0.3) is 5.69 Å². The molecule has 0 bridgehead atoms. The summed E-state index contributed by atoms with van der Waals surface area (Å²) in [5.74, 6) is -0.825. The lowest BCUT2D eigenvalue weighted by Crippen LogP contribution is -2.34. The van der Waals surface area contributed by atoms with Crippen molar-refractivity contribution in [3.05, 3.63) is 65.2 Å². The van der Waals surface area contributed by atoms with Crippen LogP contribution < -0.4 is 14.8 Å². The number of anilines is 1. The fraction of sp³-hybridized carbons (Fsp3) is 0.320. The van der Waals surface area contributed by atoms with Crippen molar-refractivity contribution in [3.63, 3.8) is 0 Å². The van der Waals surface area contributed by atoms with E-state index in [1.807, 2.05) is 0 Å². The number of esters is 1. The molecule has 3 aromatic rings. The minimum Gasteiger partial charge on any atom is -0.452 e. The molecular formula is C25H24FN3O5. The van der Waals surface area contributed by atoms with Gasteiger partial charge < -0.3 is 19.5 Å². The first kappa shape index (κ1) is 21.9. The molecule has 0 unspecified atom stereocenters. The highest BCUT2D eigenvalue weighted by molar-refractivity contribution is 5.96. The van der Waals surface area contributed by atoms with Gasteiger partial charge in [0, 0.05) is 24.6 Å². The van der Waals surface area contributed by atoms with Crippen molar-refractivity contribution >= 4 is 17.6 Å². The number of fused-ring (bicyclic) bond motifs is 1. The normalized spacial score (nSPS) is 15.5. The number of hydrogen-bond donors (Lipinski definition) is 1. The lowest BCUT2D eigenvalue weighted by molar-refractivity contribution is -0.119. The summed E-state index contributed by atoms with van der Waals surface area (Å²) in [6.45, 7) is 2.93. The third-order valence-electron chi connectivity index (χ3n) is 6.09. The molecule has 2 aromatic carbocycles. The Morgan fingerprint density at radius 1 is 1.09 bits per heavy atom. The molecule has 1 aromatic heterocycles. The van der Waals surface area contributed by atoms with Crippen LogP contribution in [0.4, 0.5) is 10.1 Å². The highest BCUT2D eigenvalue weighted by Crippen LogP contribution is 2.47. The molecule has 0 radical (unpaired) electrons. The fourth-order valence-corrected chi connectivity index (χ4v) is 4.46. The van der Waals surface area contributed by atoms with E-state index in [-0.39, 0.29) is 11.4 Å². The molecule has 0 atom stereocenters. The van der Waals surface area contributed by atoms with E-state index in [1.54, 1.807) is 44.2 Å². The number of ether oxygens (including phenoxy) is 3. The van der Waals surface area contributed by atoms with E-state index < -0.39 is 24.3 Å². The summed E-state index contributed by atoms with van der Waals surface area (Å²) >= 11 is 0. The lowest BCUT2D eigenvalue weighted by Gasteiger charge is -2.21. The van der Waals surface area contributed by atoms with E-state index in [2.05, 4.69) is 10.4 Å². The number of halogens is 1. The number of carbonyl (C=O) groups is 2. The summed E-state index contributed by atoms with van der Waals surface area (Å²) in [6.07, 6.45) is 3.81. The van der Waals surface area contributed by atoms with Crippen LogP contribution in [0.1, 0.15) is 47.4 Å². The molecular weight excluding hydrogens is 441 g/mol. The third kappa shape index (κ3) is 4.09. The van der Waals surface area contributed by atoms with E-state index in [1.165, 1.54) is 16.8 Å². The van der Waals surface area contributed by atoms with Crippen LogP contribution in [0.2, 0.25) is 0 Å². The predicted molar refractivity (Wildman–Crippen MR) is 121 cm³/mol. The maximum Gasteiger partial charge on any atom is 0.342 e. The van der Waals surface area contributed by atoms with Gasteiger partial charge in [-0.25, -0.2) is 13.9 Å². The second kappa shape index (κ2) is 8.48. The zero-order valence-corrected chi connectivity index (χ0v) is 18.9. The molecule has 1 saturated carbocycles. The van der Waals surface area contributed by atoms with Gasteiger partial charge in [0.2, 0.25) is 0 Å². The molecule has 34 heavy (non-hydrogen) atoms. The van der Waals surface area contributed by atoms with Crippen molar-refractivity contribution in [2.45, 2.75) is 45.3 Å². The molecule has 1 aliphatic heterocycles. The van der Waals surface area contributed by atoms with Gasteiger partial charge in [-0.2, -0.15) is 5.10 Å². The predicted octanol–water partition coefficient (Wildman–Crippen LogP) is 4.47. The number of aromatic nitrogens is 2. The maximum atomic E-state index is 13.2. The van der Waals surface area contributed by atoms with Crippen molar-refractivity contribution in [2.75, 3.05) is 11.9 Å². The zero-order chi connectivity index (χ0) is 23.9. The van der Waals surface area contributed by atoms with Crippen LogP contribution in [-0.2, 0) is 9.53 Å². The number of amides is 1. The first-order chi connectivity index (χ1) is 16.3. The second-order valence-electron chi connectivity index (χ2n) is 8.54. The second-order valence-corrected chi connectivity index (χ2v) is 8.54. The molecule has 176 valence electrons. The van der Waals surface area contributed by atoms with Gasteiger partial charge in [0.05, 0.1) is 17.1 Å². The fourth-order valence-electron chi connectivity index (χ4n) is 4.46. The van der Waals surface area contributed by atoms with Crippen LogP contribution in [0.15, 0.2) is 42.5 Å². The summed E-state index contributed by atoms with van der Waals surface area (Å²) in [6, 6.07) is 11.0. The molecule has 9 heteroatoms. The van der Waals surface area contributed by atoms with E-state index in [0.29, 0.717) is 34.3 Å². The minimum atomic E-state index is -0.660. The standard InChI is InChI=1S/C25H24FN3O5/c1-15-23(16(2)29(28-15)19-8-5-17(26)6-9-19)24(31)32-14-22(30)27-18-7-10-20-21(13-18)34-25(33-20)11-3-4-12-25/h5-10,13H,3-4,11-12,14H2,1-2H3,(H,27,30). The van der Waals surface area contributed by atoms with Crippen molar-refractivity contribution in [1.82, 2.24) is 9.78 Å². The van der Waals surface area contributed by atoms with Crippen molar-refractivity contribution in [1.29, 1.82) is 0 Å². The monoisotopic (exact) mass is 465 g/mol. The van der Waals surface area contributed by atoms with Gasteiger partial charge in [-0.15, -0.1) is 0 Å². The maximum absolute atomic E-state index is 13.2. The Morgan fingerprint density at radius 3 is 2.53 bits per heavy atom. The van der Waals surface area contributed by atoms with Crippen LogP contribution in [0, 0.1) is 19.7 Å². The number of nitrogens with one attached hydrogen (secondary N) is 1. The molecule has 1 spiro atoms. The van der Waals surface area contributed by atoms with Crippen molar-refractivity contribution < 1.29 is 28.2 Å². The van der Waals surface area contributed by atoms with E-state index in [9.17, 15) is 14.0 Å². The van der Waals surface area contributed by atoms with Gasteiger partial charge in [0.25, 0.3) is 11.7 Å². The van der Waals surface area contributed by atoms with Crippen molar-refractivity contribution in [2.24, 2.45) is 0 Å². The van der Waals surface area contributed by atoms with Gasteiger partial charge in [-0.05, 0) is 63.1 Å². The molecule has 5 rings (SSSR count). The molecule has 1 aliphatic carbocycles. The van der Waals surface area contributed by atoms with E-state index in [4.69, 9.17) is 14.2 Å². The Balaban J connectivity index is 1.21. The Morgan fingerprint density at radius 2 is 1.79 bits per heavy atom. The molecule has 1 N–H and O–H groups in total. The third-order valence-corrected chi connectivity index (χ3v) is 6.09. The summed E-state index contributed by atoms with van der Waals surface area (Å²) in [5, 5.41) is 7.07. The Bertz CT molecular complexity index is 1260. The number of benzene rings is 2. The minimum absolute atomic E-state index is 0.266. The SMILES string of the molecule is Cc1nn(-c2ccc(F)cc2)c(C)c1C(=O)OCC(=O)Nc1ccc2c(c1)OC1(CCCC1)O2. The molecule has 2 heterocycles. The summed E-state index contributed by atoms with van der Waals surface area (Å²) in [7, 11) is 0. The number of rotatable bonds is 5. The van der Waals surface area contributed by atoms with Crippen molar-refractivity contribution in [3.8, 4) is 17.2 Å². The van der Waals surface area contributed by atoms with Crippen LogP contribution in [0.5, 0.6) is 11.5 Å². The summed E-state index contributed by atoms with van der Waals surface area (Å²) in [4.78, 5) is 25.1. The molecule has 2 aliphatic rings. The number of aryl methyl sites for hydroxylation is 1. The largest absolute Gasteiger partial charge is 0.452 e. The number of hydrogen-bond acceptors (Lipinski definition) is 6. The van der Waals surface area contributed by atoms with E-state index in [0.717, 1.165) is 25.7 Å². The zero-order valence-electron chi connectivity index (χ0n) is 18.9. The number of nitrogens with zero attached hydrogens (tertiary/aromatic N) is 2. The highest BCUT2D eigenvalue weighted by Gasteiger charge is 2.44. The van der Waals surface area contributed by atoms with Crippen LogP contribution in [0.3, 0.4) is 0 Å². The summed E-state index contributed by atoms with van der Waals surface area (Å²) < 4.78 is 32.0.